The number of para-hydroxylation sites is 1. The first-order valence-electron chi connectivity index (χ1n) is 10.3. The average Bonchev–Trinajstić information content (AvgIpc) is 3.19. The highest BCUT2D eigenvalue weighted by atomic mass is 16.5. The van der Waals surface area contributed by atoms with Gasteiger partial charge in [0, 0.05) is 11.8 Å². The normalized spacial score (nSPS) is 11.0. The standard InChI is InChI=1S/C25H30N4O3/c1-17(2)18-9-7-11-20(13-18)25(3,4)28-24(30)27-21-14-26-29(16-21)15-19-10-8-12-22(31-5)23(19)32-6/h7-14,16H,1,15H2,2-6H3,(H2,27,28,30). The molecule has 168 valence electrons. The molecule has 0 atom stereocenters. The molecule has 2 aromatic carbocycles. The van der Waals surface area contributed by atoms with Gasteiger partial charge in [-0.1, -0.05) is 42.5 Å². The van der Waals surface area contributed by atoms with Crippen molar-refractivity contribution in [1.82, 2.24) is 15.1 Å². The van der Waals surface area contributed by atoms with Crippen molar-refractivity contribution >= 4 is 17.3 Å². The Kier molecular flexibility index (Phi) is 6.88. The molecule has 1 aromatic heterocycles. The Hall–Kier alpha value is -3.74. The maximum Gasteiger partial charge on any atom is 0.320 e. The van der Waals surface area contributed by atoms with Crippen molar-refractivity contribution in [1.29, 1.82) is 0 Å². The summed E-state index contributed by atoms with van der Waals surface area (Å²) >= 11 is 0. The molecule has 32 heavy (non-hydrogen) atoms. The van der Waals surface area contributed by atoms with Crippen molar-refractivity contribution in [3.8, 4) is 11.5 Å². The molecule has 7 nitrogen and oxygen atoms in total. The predicted octanol–water partition coefficient (Wildman–Crippen LogP) is 5.04. The third kappa shape index (κ3) is 5.29. The summed E-state index contributed by atoms with van der Waals surface area (Å²) in [4.78, 5) is 12.7. The zero-order valence-corrected chi connectivity index (χ0v) is 19.2. The first-order valence-corrected chi connectivity index (χ1v) is 10.3. The van der Waals surface area contributed by atoms with Crippen LogP contribution in [0.15, 0.2) is 61.4 Å². The molecule has 1 heterocycles. The number of carbonyl (C=O) groups is 1. The van der Waals surface area contributed by atoms with Gasteiger partial charge in [-0.2, -0.15) is 5.10 Å². The second-order valence-electron chi connectivity index (χ2n) is 8.14. The Morgan fingerprint density at radius 3 is 2.59 bits per heavy atom. The van der Waals surface area contributed by atoms with Gasteiger partial charge in [0.05, 0.1) is 38.2 Å². The molecule has 0 radical (unpaired) electrons. The fourth-order valence-electron chi connectivity index (χ4n) is 3.46. The molecule has 0 saturated carbocycles. The molecule has 0 fully saturated rings. The Labute approximate surface area is 189 Å². The molecule has 0 bridgehead atoms. The van der Waals surface area contributed by atoms with Crippen LogP contribution < -0.4 is 20.1 Å². The van der Waals surface area contributed by atoms with E-state index in [4.69, 9.17) is 9.47 Å². The van der Waals surface area contributed by atoms with E-state index in [-0.39, 0.29) is 6.03 Å². The number of urea groups is 1. The van der Waals surface area contributed by atoms with Gasteiger partial charge in [-0.25, -0.2) is 4.79 Å². The van der Waals surface area contributed by atoms with Crippen LogP contribution in [0.3, 0.4) is 0 Å². The number of allylic oxidation sites excluding steroid dienone is 1. The van der Waals surface area contributed by atoms with Gasteiger partial charge in [-0.05, 0) is 44.0 Å². The van der Waals surface area contributed by atoms with E-state index in [9.17, 15) is 4.79 Å². The minimum atomic E-state index is -0.570. The molecular weight excluding hydrogens is 404 g/mol. The number of anilines is 1. The summed E-state index contributed by atoms with van der Waals surface area (Å²) in [6.45, 7) is 10.4. The molecule has 0 spiro atoms. The highest BCUT2D eigenvalue weighted by molar-refractivity contribution is 5.89. The lowest BCUT2D eigenvalue weighted by molar-refractivity contribution is 0.242. The zero-order chi connectivity index (χ0) is 23.3. The topological polar surface area (TPSA) is 77.4 Å². The van der Waals surface area contributed by atoms with Crippen LogP contribution in [0.25, 0.3) is 5.57 Å². The summed E-state index contributed by atoms with van der Waals surface area (Å²) in [6, 6.07) is 13.4. The molecule has 3 rings (SSSR count). The maximum absolute atomic E-state index is 12.7. The summed E-state index contributed by atoms with van der Waals surface area (Å²) in [6.07, 6.45) is 3.38. The fourth-order valence-corrected chi connectivity index (χ4v) is 3.46. The summed E-state index contributed by atoms with van der Waals surface area (Å²) in [7, 11) is 3.21. The van der Waals surface area contributed by atoms with Crippen molar-refractivity contribution in [2.75, 3.05) is 19.5 Å². The van der Waals surface area contributed by atoms with E-state index in [0.29, 0.717) is 23.7 Å². The van der Waals surface area contributed by atoms with Gasteiger partial charge < -0.3 is 20.1 Å². The highest BCUT2D eigenvalue weighted by Gasteiger charge is 2.23. The lowest BCUT2D eigenvalue weighted by Gasteiger charge is -2.27. The molecule has 0 aliphatic rings. The Morgan fingerprint density at radius 1 is 1.16 bits per heavy atom. The van der Waals surface area contributed by atoms with E-state index in [0.717, 1.165) is 22.3 Å². The SMILES string of the molecule is C=C(C)c1cccc(C(C)(C)NC(=O)Nc2cnn(Cc3cccc(OC)c3OC)c2)c1. The number of hydrogen-bond acceptors (Lipinski definition) is 4. The maximum atomic E-state index is 12.7. The first kappa shape index (κ1) is 22.9. The van der Waals surface area contributed by atoms with Gasteiger partial charge in [0.25, 0.3) is 0 Å². The number of rotatable bonds is 8. The number of ether oxygens (including phenoxy) is 2. The van der Waals surface area contributed by atoms with Crippen LogP contribution in [-0.4, -0.2) is 30.0 Å². The quantitative estimate of drug-likeness (QED) is 0.521. The fraction of sp³-hybridized carbons (Fsp3) is 0.280. The number of methoxy groups -OCH3 is 2. The number of nitrogens with zero attached hydrogens (tertiary/aromatic N) is 2. The van der Waals surface area contributed by atoms with Crippen LogP contribution in [0.5, 0.6) is 11.5 Å². The van der Waals surface area contributed by atoms with E-state index in [1.165, 1.54) is 0 Å². The van der Waals surface area contributed by atoms with Crippen LogP contribution in [0.2, 0.25) is 0 Å². The second kappa shape index (κ2) is 9.60. The minimum Gasteiger partial charge on any atom is -0.493 e. The monoisotopic (exact) mass is 434 g/mol. The number of amides is 2. The Balaban J connectivity index is 1.67. The molecular formula is C25H30N4O3. The number of aromatic nitrogens is 2. The molecule has 0 saturated heterocycles. The largest absolute Gasteiger partial charge is 0.493 e. The summed E-state index contributed by atoms with van der Waals surface area (Å²) < 4.78 is 12.6. The number of nitrogens with one attached hydrogen (secondary N) is 2. The minimum absolute atomic E-state index is 0.311. The number of hydrogen-bond donors (Lipinski definition) is 2. The van der Waals surface area contributed by atoms with Crippen LogP contribution in [0, 0.1) is 0 Å². The third-order valence-electron chi connectivity index (χ3n) is 5.21. The summed E-state index contributed by atoms with van der Waals surface area (Å²) in [5.74, 6) is 1.32. The smallest absolute Gasteiger partial charge is 0.320 e. The molecule has 0 aliphatic carbocycles. The predicted molar refractivity (Wildman–Crippen MR) is 127 cm³/mol. The van der Waals surface area contributed by atoms with E-state index in [2.05, 4.69) is 22.3 Å². The summed E-state index contributed by atoms with van der Waals surface area (Å²) in [5.41, 5.74) is 3.97. The van der Waals surface area contributed by atoms with Crippen molar-refractivity contribution in [2.24, 2.45) is 0 Å². The van der Waals surface area contributed by atoms with Crippen LogP contribution in [0.1, 0.15) is 37.5 Å². The van der Waals surface area contributed by atoms with E-state index in [1.54, 1.807) is 31.3 Å². The van der Waals surface area contributed by atoms with Crippen molar-refractivity contribution in [3.63, 3.8) is 0 Å². The first-order chi connectivity index (χ1) is 15.2. The van der Waals surface area contributed by atoms with Crippen molar-refractivity contribution in [2.45, 2.75) is 32.9 Å². The molecule has 0 unspecified atom stereocenters. The van der Waals surface area contributed by atoms with Gasteiger partial charge in [-0.15, -0.1) is 0 Å². The number of benzene rings is 2. The average molecular weight is 435 g/mol. The highest BCUT2D eigenvalue weighted by Crippen LogP contribution is 2.31. The number of carbonyl (C=O) groups excluding carboxylic acids is 1. The Morgan fingerprint density at radius 2 is 1.91 bits per heavy atom. The molecule has 2 N–H and O–H groups in total. The summed E-state index contributed by atoms with van der Waals surface area (Å²) in [5, 5.41) is 10.2. The van der Waals surface area contributed by atoms with Crippen LogP contribution >= 0.6 is 0 Å². The van der Waals surface area contributed by atoms with E-state index >= 15 is 0 Å². The van der Waals surface area contributed by atoms with Gasteiger partial charge in [0.2, 0.25) is 0 Å². The van der Waals surface area contributed by atoms with Gasteiger partial charge in [0.1, 0.15) is 0 Å². The van der Waals surface area contributed by atoms with Gasteiger partial charge in [0.15, 0.2) is 11.5 Å². The lowest BCUT2D eigenvalue weighted by Crippen LogP contribution is -2.43. The molecule has 3 aromatic rings. The Bertz CT molecular complexity index is 1120. The van der Waals surface area contributed by atoms with Gasteiger partial charge in [-0.3, -0.25) is 4.68 Å². The zero-order valence-electron chi connectivity index (χ0n) is 19.2. The van der Waals surface area contributed by atoms with Crippen molar-refractivity contribution in [3.05, 3.63) is 78.1 Å². The third-order valence-corrected chi connectivity index (χ3v) is 5.21. The molecule has 7 heteroatoms. The van der Waals surface area contributed by atoms with Crippen molar-refractivity contribution < 1.29 is 14.3 Å². The lowest BCUT2D eigenvalue weighted by atomic mass is 9.92. The molecule has 2 amide bonds. The second-order valence-corrected chi connectivity index (χ2v) is 8.14. The van der Waals surface area contributed by atoms with E-state index in [1.807, 2.05) is 63.2 Å². The van der Waals surface area contributed by atoms with Gasteiger partial charge >= 0.3 is 6.03 Å². The molecule has 0 aliphatic heterocycles. The van der Waals surface area contributed by atoms with Crippen LogP contribution in [0.4, 0.5) is 10.5 Å². The van der Waals surface area contributed by atoms with E-state index < -0.39 is 5.54 Å². The van der Waals surface area contributed by atoms with Crippen LogP contribution in [-0.2, 0) is 12.1 Å².